The van der Waals surface area contributed by atoms with Gasteiger partial charge in [0, 0.05) is 23.6 Å². The molecule has 4 aliphatic rings. The van der Waals surface area contributed by atoms with E-state index in [4.69, 9.17) is 5.73 Å². The van der Waals surface area contributed by atoms with Crippen molar-refractivity contribution in [3.63, 3.8) is 0 Å². The highest BCUT2D eigenvalue weighted by Crippen LogP contribution is 2.56. The number of likely N-dealkylation sites (tertiary alicyclic amines) is 1. The van der Waals surface area contributed by atoms with Crippen LogP contribution in [0.3, 0.4) is 0 Å². The Balaban J connectivity index is 1.58. The summed E-state index contributed by atoms with van der Waals surface area (Å²) < 4.78 is 0. The summed E-state index contributed by atoms with van der Waals surface area (Å²) in [6, 6.07) is 7.03. The van der Waals surface area contributed by atoms with Gasteiger partial charge in [-0.15, -0.1) is 0 Å². The van der Waals surface area contributed by atoms with Gasteiger partial charge >= 0.3 is 0 Å². The van der Waals surface area contributed by atoms with Gasteiger partial charge in [0.05, 0.1) is 0 Å². The van der Waals surface area contributed by atoms with Crippen LogP contribution < -0.4 is 5.73 Å². The molecule has 3 aliphatic carbocycles. The Morgan fingerprint density at radius 1 is 1.21 bits per heavy atom. The maximum absolute atomic E-state index is 11.7. The lowest BCUT2D eigenvalue weighted by molar-refractivity contribution is -0.0133. The molecule has 2 bridgehead atoms. The van der Waals surface area contributed by atoms with E-state index in [0.29, 0.717) is 11.0 Å². The summed E-state index contributed by atoms with van der Waals surface area (Å²) in [6.45, 7) is 2.57. The van der Waals surface area contributed by atoms with E-state index in [1.165, 1.54) is 75.6 Å². The fourth-order valence-corrected chi connectivity index (χ4v) is 6.10. The third-order valence-electron chi connectivity index (χ3n) is 7.43. The molecule has 5 rings (SSSR count). The average molecular weight is 324 g/mol. The molecule has 1 aromatic carbocycles. The van der Waals surface area contributed by atoms with Crippen molar-refractivity contribution in [2.24, 2.45) is 17.6 Å². The number of nitrogens with zero attached hydrogens (tertiary/aromatic N) is 1. The van der Waals surface area contributed by atoms with Gasteiger partial charge in [-0.2, -0.15) is 0 Å². The minimum absolute atomic E-state index is 0.283. The second-order valence-electron chi connectivity index (χ2n) is 8.70. The van der Waals surface area contributed by atoms with Crippen LogP contribution in [0.15, 0.2) is 18.2 Å². The Bertz CT molecular complexity index is 680. The van der Waals surface area contributed by atoms with Gasteiger partial charge in [-0.3, -0.25) is 9.69 Å². The number of amides is 1. The van der Waals surface area contributed by atoms with E-state index in [9.17, 15) is 4.79 Å². The topological polar surface area (TPSA) is 46.3 Å². The largest absolute Gasteiger partial charge is 0.366 e. The molecule has 0 unspecified atom stereocenters. The molecule has 0 spiro atoms. The number of piperidine rings is 1. The Kier molecular flexibility index (Phi) is 3.31. The van der Waals surface area contributed by atoms with Crippen LogP contribution in [0.1, 0.15) is 66.4 Å². The minimum atomic E-state index is -0.283. The van der Waals surface area contributed by atoms with E-state index in [-0.39, 0.29) is 5.91 Å². The first-order valence-electron chi connectivity index (χ1n) is 9.85. The van der Waals surface area contributed by atoms with Gasteiger partial charge in [0.2, 0.25) is 5.91 Å². The van der Waals surface area contributed by atoms with E-state index >= 15 is 0 Å². The van der Waals surface area contributed by atoms with Crippen LogP contribution in [0.4, 0.5) is 0 Å². The summed E-state index contributed by atoms with van der Waals surface area (Å²) in [6.07, 6.45) is 10.7. The number of benzene rings is 1. The monoisotopic (exact) mass is 324 g/mol. The highest BCUT2D eigenvalue weighted by atomic mass is 16.1. The number of hydrogen-bond donors (Lipinski definition) is 1. The van der Waals surface area contributed by atoms with Crippen LogP contribution in [0.2, 0.25) is 0 Å². The van der Waals surface area contributed by atoms with Crippen molar-refractivity contribution < 1.29 is 4.79 Å². The quantitative estimate of drug-likeness (QED) is 0.927. The molecule has 3 fully saturated rings. The van der Waals surface area contributed by atoms with Gasteiger partial charge in [0.25, 0.3) is 0 Å². The van der Waals surface area contributed by atoms with Crippen molar-refractivity contribution in [2.75, 3.05) is 13.1 Å². The zero-order valence-corrected chi connectivity index (χ0v) is 14.5. The number of carbonyl (C=O) groups is 1. The molecule has 3 atom stereocenters. The van der Waals surface area contributed by atoms with Crippen molar-refractivity contribution in [3.8, 4) is 0 Å². The zero-order chi connectivity index (χ0) is 16.3. The van der Waals surface area contributed by atoms with Gasteiger partial charge in [0.1, 0.15) is 0 Å². The van der Waals surface area contributed by atoms with Crippen molar-refractivity contribution in [3.05, 3.63) is 34.9 Å². The first kappa shape index (κ1) is 14.9. The smallest absolute Gasteiger partial charge is 0.248 e. The second-order valence-corrected chi connectivity index (χ2v) is 8.70. The number of hydrogen-bond acceptors (Lipinski definition) is 2. The number of primary amides is 1. The summed E-state index contributed by atoms with van der Waals surface area (Å²) >= 11 is 0. The van der Waals surface area contributed by atoms with Crippen molar-refractivity contribution in [2.45, 2.75) is 62.8 Å². The summed E-state index contributed by atoms with van der Waals surface area (Å²) in [5, 5.41) is 0. The van der Waals surface area contributed by atoms with E-state index in [1.807, 2.05) is 6.07 Å². The Morgan fingerprint density at radius 2 is 2.08 bits per heavy atom. The van der Waals surface area contributed by atoms with E-state index in [1.54, 1.807) is 0 Å². The van der Waals surface area contributed by atoms with Gasteiger partial charge in [-0.05, 0) is 80.2 Å². The fourth-order valence-electron chi connectivity index (χ4n) is 6.10. The predicted octanol–water partition coefficient (Wildman–Crippen LogP) is 3.25. The van der Waals surface area contributed by atoms with Crippen LogP contribution in [0, 0.1) is 11.8 Å². The molecule has 2 N–H and O–H groups in total. The Labute approximate surface area is 144 Å². The second kappa shape index (κ2) is 5.32. The average Bonchev–Trinajstić information content (AvgIpc) is 3.41. The number of carbonyl (C=O) groups excluding carboxylic acids is 1. The Hall–Kier alpha value is -1.35. The summed E-state index contributed by atoms with van der Waals surface area (Å²) in [7, 11) is 0. The lowest BCUT2D eigenvalue weighted by atomic mass is 9.52. The van der Waals surface area contributed by atoms with Crippen molar-refractivity contribution in [1.82, 2.24) is 4.90 Å². The number of nitrogens with two attached hydrogens (primary N) is 1. The molecule has 0 radical (unpaired) electrons. The van der Waals surface area contributed by atoms with Gasteiger partial charge < -0.3 is 5.73 Å². The first-order valence-corrected chi connectivity index (χ1v) is 9.85. The minimum Gasteiger partial charge on any atom is -0.366 e. The lowest BCUT2D eigenvalue weighted by Crippen LogP contribution is -2.61. The van der Waals surface area contributed by atoms with Gasteiger partial charge in [0.15, 0.2) is 0 Å². The highest BCUT2D eigenvalue weighted by molar-refractivity contribution is 5.93. The summed E-state index contributed by atoms with van der Waals surface area (Å²) in [4.78, 5) is 14.5. The van der Waals surface area contributed by atoms with Crippen LogP contribution in [0.25, 0.3) is 0 Å². The predicted molar refractivity (Wildman–Crippen MR) is 95.0 cm³/mol. The highest BCUT2D eigenvalue weighted by Gasteiger charge is 2.54. The van der Waals surface area contributed by atoms with Crippen molar-refractivity contribution in [1.29, 1.82) is 0 Å². The zero-order valence-electron chi connectivity index (χ0n) is 14.5. The molecule has 1 aromatic rings. The molecule has 3 heteroatoms. The lowest BCUT2D eigenvalue weighted by Gasteiger charge is -2.59. The number of fused-ring (bicyclic) bond motifs is 1. The van der Waals surface area contributed by atoms with Crippen LogP contribution in [0.5, 0.6) is 0 Å². The van der Waals surface area contributed by atoms with Gasteiger partial charge in [-0.1, -0.05) is 18.9 Å². The molecular formula is C21H28N2O. The molecule has 2 saturated carbocycles. The SMILES string of the molecule is NC(=O)c1ccc2c(c1)[C@@]13CCCC[C@H]1[C@H](C2)N(CC1CC1)CC3. The van der Waals surface area contributed by atoms with Crippen LogP contribution in [-0.2, 0) is 11.8 Å². The number of rotatable bonds is 3. The molecule has 1 saturated heterocycles. The molecule has 24 heavy (non-hydrogen) atoms. The van der Waals surface area contributed by atoms with E-state index < -0.39 is 0 Å². The van der Waals surface area contributed by atoms with Crippen molar-refractivity contribution >= 4 is 5.91 Å². The van der Waals surface area contributed by atoms with E-state index in [0.717, 1.165) is 17.9 Å². The maximum atomic E-state index is 11.7. The molecule has 1 aliphatic heterocycles. The van der Waals surface area contributed by atoms with Gasteiger partial charge in [-0.25, -0.2) is 0 Å². The molecule has 0 aromatic heterocycles. The molecule has 3 nitrogen and oxygen atoms in total. The molecule has 1 amide bonds. The first-order chi connectivity index (χ1) is 11.7. The van der Waals surface area contributed by atoms with Crippen LogP contribution in [-0.4, -0.2) is 29.9 Å². The summed E-state index contributed by atoms with van der Waals surface area (Å²) in [5.74, 6) is 1.48. The third-order valence-corrected chi connectivity index (χ3v) is 7.43. The normalized spacial score (nSPS) is 35.2. The molecule has 128 valence electrons. The fraction of sp³-hybridized carbons (Fsp3) is 0.667. The third kappa shape index (κ3) is 2.17. The molecular weight excluding hydrogens is 296 g/mol. The Morgan fingerprint density at radius 3 is 2.88 bits per heavy atom. The summed E-state index contributed by atoms with van der Waals surface area (Å²) in [5.41, 5.74) is 9.57. The maximum Gasteiger partial charge on any atom is 0.248 e. The molecule has 1 heterocycles. The van der Waals surface area contributed by atoms with E-state index in [2.05, 4.69) is 17.0 Å². The van der Waals surface area contributed by atoms with Crippen LogP contribution >= 0.6 is 0 Å². The standard InChI is InChI=1S/C21H28N2O/c22-20(24)16-7-6-15-12-19-17-3-1-2-8-21(17,18(15)11-16)9-10-23(19)13-14-4-5-14/h6-7,11,14,17,19H,1-5,8-10,12-13H2,(H2,22,24)/t17-,19-,21+/m0/s1.